The van der Waals surface area contributed by atoms with Gasteiger partial charge in [-0.05, 0) is 42.5 Å². The Balaban J connectivity index is 2.38. The third kappa shape index (κ3) is 1.74. The van der Waals surface area contributed by atoms with E-state index in [2.05, 4.69) is 20.6 Å². The number of hydrogen-bond donors (Lipinski definition) is 0. The van der Waals surface area contributed by atoms with Crippen molar-refractivity contribution < 1.29 is 4.74 Å². The number of aromatic nitrogens is 5. The van der Waals surface area contributed by atoms with Crippen molar-refractivity contribution >= 4 is 28.0 Å². The van der Waals surface area contributed by atoms with E-state index in [0.717, 1.165) is 10.8 Å². The highest BCUT2D eigenvalue weighted by Gasteiger charge is 2.13. The van der Waals surface area contributed by atoms with Gasteiger partial charge in [-0.15, -0.1) is 14.8 Å². The van der Waals surface area contributed by atoms with Crippen molar-refractivity contribution in [2.45, 2.75) is 20.0 Å². The van der Waals surface area contributed by atoms with E-state index in [1.807, 2.05) is 19.9 Å². The summed E-state index contributed by atoms with van der Waals surface area (Å²) < 4.78 is 7.03. The van der Waals surface area contributed by atoms with Crippen LogP contribution in [0.15, 0.2) is 18.2 Å². The number of fused-ring (bicyclic) bond motifs is 3. The molecule has 0 atom stereocenters. The molecule has 6 nitrogen and oxygen atoms in total. The molecule has 0 amide bonds. The lowest BCUT2D eigenvalue weighted by molar-refractivity contribution is 0.232. The molecule has 0 fully saturated rings. The highest BCUT2D eigenvalue weighted by atomic mass is 35.5. The van der Waals surface area contributed by atoms with Crippen LogP contribution >= 0.6 is 11.6 Å². The summed E-state index contributed by atoms with van der Waals surface area (Å²) in [4.78, 5) is 0. The highest BCUT2D eigenvalue weighted by molar-refractivity contribution is 6.31. The van der Waals surface area contributed by atoms with Gasteiger partial charge >= 0.3 is 0 Å². The van der Waals surface area contributed by atoms with Crippen LogP contribution in [0.1, 0.15) is 13.8 Å². The summed E-state index contributed by atoms with van der Waals surface area (Å²) in [7, 11) is 0. The van der Waals surface area contributed by atoms with Crippen molar-refractivity contribution in [1.82, 2.24) is 25.3 Å². The molecular weight excluding hydrogens is 254 g/mol. The van der Waals surface area contributed by atoms with Crippen LogP contribution in [0.5, 0.6) is 5.88 Å². The number of hydrogen-bond acceptors (Lipinski definition) is 5. The summed E-state index contributed by atoms with van der Waals surface area (Å²) in [6.07, 6.45) is 0.00797. The minimum absolute atomic E-state index is 0.00797. The van der Waals surface area contributed by atoms with Crippen LogP contribution in [-0.4, -0.2) is 31.4 Å². The fraction of sp³-hybridized carbons (Fsp3) is 0.273. The maximum Gasteiger partial charge on any atom is 0.241 e. The molecule has 0 saturated heterocycles. The van der Waals surface area contributed by atoms with Crippen molar-refractivity contribution in [3.8, 4) is 5.88 Å². The summed E-state index contributed by atoms with van der Waals surface area (Å²) >= 11 is 6.01. The van der Waals surface area contributed by atoms with Crippen LogP contribution in [0.3, 0.4) is 0 Å². The molecule has 0 aliphatic heterocycles. The molecule has 7 heteroatoms. The molecule has 3 rings (SSSR count). The number of ether oxygens (including phenoxy) is 1. The number of tetrazole rings is 1. The molecule has 18 heavy (non-hydrogen) atoms. The average Bonchev–Trinajstić information content (AvgIpc) is 2.76. The minimum Gasteiger partial charge on any atom is -0.473 e. The van der Waals surface area contributed by atoms with E-state index in [0.29, 0.717) is 16.5 Å². The molecule has 2 heterocycles. The number of nitrogens with zero attached hydrogens (tertiary/aromatic N) is 5. The number of benzene rings is 1. The van der Waals surface area contributed by atoms with Crippen LogP contribution in [0.25, 0.3) is 16.4 Å². The van der Waals surface area contributed by atoms with E-state index in [1.165, 1.54) is 4.63 Å². The fourth-order valence-corrected chi connectivity index (χ4v) is 1.92. The van der Waals surface area contributed by atoms with Crippen molar-refractivity contribution in [1.29, 1.82) is 0 Å². The average molecular weight is 264 g/mol. The molecule has 0 bridgehead atoms. The topological polar surface area (TPSA) is 65.2 Å². The third-order valence-corrected chi connectivity index (χ3v) is 2.67. The van der Waals surface area contributed by atoms with Crippen LogP contribution in [0, 0.1) is 0 Å². The summed E-state index contributed by atoms with van der Waals surface area (Å²) in [5, 5.41) is 17.9. The first-order valence-corrected chi connectivity index (χ1v) is 5.87. The van der Waals surface area contributed by atoms with Crippen molar-refractivity contribution in [2.24, 2.45) is 0 Å². The second-order valence-corrected chi connectivity index (χ2v) is 4.59. The SMILES string of the molecule is CC(C)Oc1nn2nnnc2c2ccc(Cl)cc12. The Hall–Kier alpha value is -1.95. The Bertz CT molecular complexity index is 724. The Morgan fingerprint density at radius 1 is 1.28 bits per heavy atom. The first-order chi connectivity index (χ1) is 8.65. The molecule has 0 N–H and O–H groups in total. The standard InChI is InChI=1S/C11H10ClN5O/c1-6(2)18-11-9-5-7(12)3-4-8(9)10-13-15-16-17(10)14-11/h3-6H,1-2H3. The lowest BCUT2D eigenvalue weighted by Gasteiger charge is -2.11. The van der Waals surface area contributed by atoms with E-state index < -0.39 is 0 Å². The predicted octanol–water partition coefficient (Wildman–Crippen LogP) is 2.11. The highest BCUT2D eigenvalue weighted by Crippen LogP contribution is 2.28. The lowest BCUT2D eigenvalue weighted by Crippen LogP contribution is -2.09. The van der Waals surface area contributed by atoms with Crippen molar-refractivity contribution in [3.05, 3.63) is 23.2 Å². The largest absolute Gasteiger partial charge is 0.473 e. The lowest BCUT2D eigenvalue weighted by atomic mass is 10.2. The molecule has 1 aromatic carbocycles. The van der Waals surface area contributed by atoms with E-state index in [4.69, 9.17) is 16.3 Å². The first-order valence-electron chi connectivity index (χ1n) is 5.49. The van der Waals surface area contributed by atoms with E-state index >= 15 is 0 Å². The summed E-state index contributed by atoms with van der Waals surface area (Å²) in [6.45, 7) is 3.86. The smallest absolute Gasteiger partial charge is 0.241 e. The molecule has 0 spiro atoms. The number of rotatable bonds is 2. The van der Waals surface area contributed by atoms with Crippen LogP contribution in [-0.2, 0) is 0 Å². The van der Waals surface area contributed by atoms with Gasteiger partial charge in [0.1, 0.15) is 0 Å². The van der Waals surface area contributed by atoms with Gasteiger partial charge in [0, 0.05) is 10.4 Å². The first kappa shape index (κ1) is 11.2. The van der Waals surface area contributed by atoms with E-state index in [9.17, 15) is 0 Å². The van der Waals surface area contributed by atoms with Gasteiger partial charge < -0.3 is 4.74 Å². The third-order valence-electron chi connectivity index (χ3n) is 2.44. The van der Waals surface area contributed by atoms with Gasteiger partial charge in [-0.2, -0.15) is 0 Å². The molecule has 2 aromatic heterocycles. The Kier molecular flexibility index (Phi) is 2.52. The molecule has 92 valence electrons. The zero-order valence-corrected chi connectivity index (χ0v) is 10.6. The van der Waals surface area contributed by atoms with Crippen LogP contribution in [0.4, 0.5) is 0 Å². The quantitative estimate of drug-likeness (QED) is 0.708. The van der Waals surface area contributed by atoms with E-state index in [-0.39, 0.29) is 6.10 Å². The second-order valence-electron chi connectivity index (χ2n) is 4.15. The predicted molar refractivity (Wildman–Crippen MR) is 66.9 cm³/mol. The van der Waals surface area contributed by atoms with Gasteiger partial charge in [-0.3, -0.25) is 0 Å². The summed E-state index contributed by atoms with van der Waals surface area (Å²) in [5.41, 5.74) is 0.581. The monoisotopic (exact) mass is 263 g/mol. The zero-order chi connectivity index (χ0) is 12.7. The van der Waals surface area contributed by atoms with Gasteiger partial charge in [0.25, 0.3) is 0 Å². The number of halogens is 1. The van der Waals surface area contributed by atoms with Gasteiger partial charge in [0.15, 0.2) is 0 Å². The molecule has 0 unspecified atom stereocenters. The van der Waals surface area contributed by atoms with Gasteiger partial charge in [-0.1, -0.05) is 11.6 Å². The molecule has 3 aromatic rings. The molecule has 0 aliphatic carbocycles. The van der Waals surface area contributed by atoms with Gasteiger partial charge in [-0.25, -0.2) is 0 Å². The zero-order valence-electron chi connectivity index (χ0n) is 9.83. The summed E-state index contributed by atoms with van der Waals surface area (Å²) in [5.74, 6) is 0.474. The fourth-order valence-electron chi connectivity index (χ4n) is 1.75. The Morgan fingerprint density at radius 3 is 2.89 bits per heavy atom. The normalized spacial score (nSPS) is 11.6. The molecule has 0 radical (unpaired) electrons. The minimum atomic E-state index is 0.00797. The summed E-state index contributed by atoms with van der Waals surface area (Å²) in [6, 6.07) is 5.45. The van der Waals surface area contributed by atoms with Gasteiger partial charge in [0.2, 0.25) is 11.5 Å². The molecule has 0 aliphatic rings. The Labute approximate surface area is 107 Å². The van der Waals surface area contributed by atoms with Crippen LogP contribution in [0.2, 0.25) is 5.02 Å². The van der Waals surface area contributed by atoms with E-state index in [1.54, 1.807) is 12.1 Å². The Morgan fingerprint density at radius 2 is 2.11 bits per heavy atom. The maximum atomic E-state index is 6.01. The molecular formula is C11H10ClN5O. The van der Waals surface area contributed by atoms with Crippen molar-refractivity contribution in [2.75, 3.05) is 0 Å². The van der Waals surface area contributed by atoms with Gasteiger partial charge in [0.05, 0.1) is 11.5 Å². The second kappa shape index (κ2) is 4.06. The van der Waals surface area contributed by atoms with Crippen LogP contribution < -0.4 is 4.74 Å². The maximum absolute atomic E-state index is 6.01. The van der Waals surface area contributed by atoms with Crippen molar-refractivity contribution in [3.63, 3.8) is 0 Å². The molecule has 0 saturated carbocycles.